The molecule has 3 nitrogen and oxygen atoms in total. The molecule has 0 radical (unpaired) electrons. The van der Waals surface area contributed by atoms with Crippen LogP contribution >= 0.6 is 11.8 Å². The van der Waals surface area contributed by atoms with Crippen LogP contribution in [0.5, 0.6) is 0 Å². The Bertz CT molecular complexity index is 533. The van der Waals surface area contributed by atoms with E-state index in [1.165, 1.54) is 12.1 Å². The van der Waals surface area contributed by atoms with Crippen molar-refractivity contribution in [2.45, 2.75) is 18.7 Å². The summed E-state index contributed by atoms with van der Waals surface area (Å²) in [5.41, 5.74) is 0.840. The lowest BCUT2D eigenvalue weighted by Crippen LogP contribution is -2.27. The molecule has 0 bridgehead atoms. The molecule has 0 atom stereocenters. The van der Waals surface area contributed by atoms with Gasteiger partial charge in [0.05, 0.1) is 4.90 Å². The van der Waals surface area contributed by atoms with Crippen LogP contribution in [0.4, 0.5) is 4.39 Å². The second-order valence-corrected chi connectivity index (χ2v) is 6.98. The fourth-order valence-corrected chi connectivity index (χ4v) is 4.00. The van der Waals surface area contributed by atoms with Gasteiger partial charge in [-0.2, -0.15) is 11.8 Å². The fraction of sp³-hybridized carbons (Fsp3) is 0.385. The quantitative estimate of drug-likeness (QED) is 0.622. The highest BCUT2D eigenvalue weighted by atomic mass is 32.2. The third kappa shape index (κ3) is 4.63. The number of nitrogens with one attached hydrogen (secondary N) is 1. The van der Waals surface area contributed by atoms with E-state index in [4.69, 9.17) is 0 Å². The van der Waals surface area contributed by atoms with Crippen molar-refractivity contribution in [1.29, 1.82) is 0 Å². The first-order valence-electron chi connectivity index (χ1n) is 5.83. The highest BCUT2D eigenvalue weighted by molar-refractivity contribution is 7.99. The molecule has 0 amide bonds. The molecule has 0 saturated carbocycles. The number of benzene rings is 1. The van der Waals surface area contributed by atoms with Gasteiger partial charge in [0.1, 0.15) is 5.82 Å². The molecule has 0 fully saturated rings. The predicted octanol–water partition coefficient (Wildman–Crippen LogP) is 2.64. The molecule has 1 rings (SSSR count). The number of aryl methyl sites for hydroxylation is 2. The minimum atomic E-state index is -3.58. The lowest BCUT2D eigenvalue weighted by molar-refractivity contribution is 0.581. The van der Waals surface area contributed by atoms with Gasteiger partial charge in [-0.05, 0) is 37.1 Å². The van der Waals surface area contributed by atoms with Crippen molar-refractivity contribution < 1.29 is 12.8 Å². The van der Waals surface area contributed by atoms with Crippen LogP contribution in [-0.4, -0.2) is 26.5 Å². The van der Waals surface area contributed by atoms with Gasteiger partial charge in [0.2, 0.25) is 10.0 Å². The van der Waals surface area contributed by atoms with Gasteiger partial charge >= 0.3 is 0 Å². The second-order valence-electron chi connectivity index (χ2n) is 4.13. The lowest BCUT2D eigenvalue weighted by Gasteiger charge is -2.12. The zero-order valence-corrected chi connectivity index (χ0v) is 12.7. The Morgan fingerprint density at radius 2 is 1.95 bits per heavy atom. The van der Waals surface area contributed by atoms with Gasteiger partial charge in [0, 0.05) is 18.1 Å². The minimum absolute atomic E-state index is 0.169. The molecule has 6 heteroatoms. The molecular formula is C13H18FNO2S2. The van der Waals surface area contributed by atoms with Crippen LogP contribution in [0.1, 0.15) is 11.1 Å². The highest BCUT2D eigenvalue weighted by Gasteiger charge is 2.19. The van der Waals surface area contributed by atoms with Crippen molar-refractivity contribution in [2.24, 2.45) is 0 Å². The Labute approximate surface area is 118 Å². The molecule has 19 heavy (non-hydrogen) atoms. The summed E-state index contributed by atoms with van der Waals surface area (Å²) >= 11 is 1.59. The molecule has 106 valence electrons. The van der Waals surface area contributed by atoms with Crippen molar-refractivity contribution in [3.8, 4) is 0 Å². The summed E-state index contributed by atoms with van der Waals surface area (Å²) < 4.78 is 40.0. The number of thioether (sulfide) groups is 1. The van der Waals surface area contributed by atoms with E-state index in [1.807, 2.05) is 0 Å². The van der Waals surface area contributed by atoms with E-state index in [9.17, 15) is 12.8 Å². The maximum absolute atomic E-state index is 13.2. The van der Waals surface area contributed by atoms with Gasteiger partial charge in [-0.1, -0.05) is 6.08 Å². The van der Waals surface area contributed by atoms with Gasteiger partial charge in [0.25, 0.3) is 0 Å². The topological polar surface area (TPSA) is 46.2 Å². The Kier molecular flexibility index (Phi) is 6.03. The van der Waals surface area contributed by atoms with E-state index in [2.05, 4.69) is 11.3 Å². The fourth-order valence-electron chi connectivity index (χ4n) is 1.81. The third-order valence-corrected chi connectivity index (χ3v) is 5.20. The van der Waals surface area contributed by atoms with E-state index in [0.29, 0.717) is 23.4 Å². The lowest BCUT2D eigenvalue weighted by atomic mass is 10.1. The van der Waals surface area contributed by atoms with Crippen LogP contribution in [-0.2, 0) is 10.0 Å². The summed E-state index contributed by atoms with van der Waals surface area (Å²) in [5, 5.41) is 0. The van der Waals surface area contributed by atoms with E-state index in [-0.39, 0.29) is 4.90 Å². The Balaban J connectivity index is 2.80. The van der Waals surface area contributed by atoms with E-state index >= 15 is 0 Å². The van der Waals surface area contributed by atoms with Gasteiger partial charge in [-0.15, -0.1) is 6.58 Å². The van der Waals surface area contributed by atoms with Crippen LogP contribution in [0, 0.1) is 19.7 Å². The summed E-state index contributed by atoms with van der Waals surface area (Å²) in [6.07, 6.45) is 1.77. The van der Waals surface area contributed by atoms with E-state index in [1.54, 1.807) is 31.7 Å². The molecule has 0 aliphatic carbocycles. The summed E-state index contributed by atoms with van der Waals surface area (Å²) in [6.45, 7) is 7.12. The normalized spacial score (nSPS) is 11.5. The van der Waals surface area contributed by atoms with Crippen molar-refractivity contribution >= 4 is 21.8 Å². The molecule has 1 aromatic rings. The first-order valence-corrected chi connectivity index (χ1v) is 8.47. The van der Waals surface area contributed by atoms with Gasteiger partial charge in [-0.3, -0.25) is 0 Å². The van der Waals surface area contributed by atoms with Crippen molar-refractivity contribution in [2.75, 3.05) is 18.1 Å². The molecule has 0 aliphatic heterocycles. The average Bonchev–Trinajstić information content (AvgIpc) is 2.26. The van der Waals surface area contributed by atoms with Crippen LogP contribution in [0.3, 0.4) is 0 Å². The number of hydrogen-bond acceptors (Lipinski definition) is 3. The van der Waals surface area contributed by atoms with Gasteiger partial charge in [-0.25, -0.2) is 17.5 Å². The molecule has 0 aromatic heterocycles. The number of sulfonamides is 1. The first kappa shape index (κ1) is 16.2. The van der Waals surface area contributed by atoms with Gasteiger partial charge in [0.15, 0.2) is 0 Å². The summed E-state index contributed by atoms with van der Waals surface area (Å²) in [6, 6.07) is 2.46. The van der Waals surface area contributed by atoms with Crippen LogP contribution < -0.4 is 4.72 Å². The molecule has 0 unspecified atom stereocenters. The molecule has 0 spiro atoms. The Hall–Kier alpha value is -0.850. The number of halogens is 1. The van der Waals surface area contributed by atoms with Crippen LogP contribution in [0.2, 0.25) is 0 Å². The van der Waals surface area contributed by atoms with Crippen molar-refractivity contribution in [3.05, 3.63) is 41.7 Å². The monoisotopic (exact) mass is 303 g/mol. The first-order chi connectivity index (χ1) is 8.88. The largest absolute Gasteiger partial charge is 0.241 e. The number of rotatable bonds is 7. The summed E-state index contributed by atoms with van der Waals surface area (Å²) in [7, 11) is -3.58. The molecule has 0 heterocycles. The van der Waals surface area contributed by atoms with Crippen molar-refractivity contribution in [3.63, 3.8) is 0 Å². The summed E-state index contributed by atoms with van der Waals surface area (Å²) in [5.74, 6) is 1.04. The van der Waals surface area contributed by atoms with Crippen molar-refractivity contribution in [1.82, 2.24) is 4.72 Å². The molecule has 0 saturated heterocycles. The SMILES string of the molecule is C=CCSCCNS(=O)(=O)c1c(C)cc(F)cc1C. The maximum Gasteiger partial charge on any atom is 0.241 e. The Morgan fingerprint density at radius 1 is 1.37 bits per heavy atom. The zero-order valence-electron chi connectivity index (χ0n) is 11.1. The smallest absolute Gasteiger partial charge is 0.210 e. The van der Waals surface area contributed by atoms with Gasteiger partial charge < -0.3 is 0 Å². The molecule has 1 aromatic carbocycles. The Morgan fingerprint density at radius 3 is 2.47 bits per heavy atom. The second kappa shape index (κ2) is 7.07. The highest BCUT2D eigenvalue weighted by Crippen LogP contribution is 2.21. The third-order valence-electron chi connectivity index (χ3n) is 2.47. The molecule has 0 aliphatic rings. The minimum Gasteiger partial charge on any atom is -0.210 e. The summed E-state index contributed by atoms with van der Waals surface area (Å²) in [4.78, 5) is 0.169. The number of hydrogen-bond donors (Lipinski definition) is 1. The molecule has 1 N–H and O–H groups in total. The predicted molar refractivity (Wildman–Crippen MR) is 78.6 cm³/mol. The van der Waals surface area contributed by atoms with Crippen LogP contribution in [0.25, 0.3) is 0 Å². The standard InChI is InChI=1S/C13H18FNO2S2/c1-4-6-18-7-5-15-19(16,17)13-10(2)8-12(14)9-11(13)3/h4,8-9,15H,1,5-7H2,2-3H3. The van der Waals surface area contributed by atoms with Crippen LogP contribution in [0.15, 0.2) is 29.7 Å². The average molecular weight is 303 g/mol. The maximum atomic E-state index is 13.2. The molecular weight excluding hydrogens is 285 g/mol. The van der Waals surface area contributed by atoms with E-state index < -0.39 is 15.8 Å². The van der Waals surface area contributed by atoms with E-state index in [0.717, 1.165) is 5.75 Å². The zero-order chi connectivity index (χ0) is 14.5.